The first-order valence-electron chi connectivity index (χ1n) is 7.00. The summed E-state index contributed by atoms with van der Waals surface area (Å²) in [4.78, 5) is 25.0. The summed E-state index contributed by atoms with van der Waals surface area (Å²) < 4.78 is 38.5. The zero-order valence-corrected chi connectivity index (χ0v) is 12.1. The van der Waals surface area contributed by atoms with Gasteiger partial charge in [0.25, 0.3) is 0 Å². The number of carbonyl (C=O) groups is 2. The van der Waals surface area contributed by atoms with Gasteiger partial charge >= 0.3 is 6.18 Å². The molecular formula is C15H17F3N2O2. The number of alkyl halides is 3. The average molecular weight is 314 g/mol. The molecule has 1 aromatic carbocycles. The Labute approximate surface area is 126 Å². The van der Waals surface area contributed by atoms with Crippen molar-refractivity contribution >= 4 is 17.5 Å². The summed E-state index contributed by atoms with van der Waals surface area (Å²) in [5.41, 5.74) is -1.21. The fraction of sp³-hybridized carbons (Fsp3) is 0.467. The van der Waals surface area contributed by atoms with E-state index in [0.29, 0.717) is 0 Å². The Bertz CT molecular complexity index is 568. The molecule has 1 saturated carbocycles. The monoisotopic (exact) mass is 314 g/mol. The quantitative estimate of drug-likeness (QED) is 0.929. The summed E-state index contributed by atoms with van der Waals surface area (Å²) in [6, 6.07) is 4.76. The Balaban J connectivity index is 1.99. The molecule has 0 bridgehead atoms. The molecule has 120 valence electrons. The summed E-state index contributed by atoms with van der Waals surface area (Å²) in [5, 5.41) is 2.22. The van der Waals surface area contributed by atoms with Crippen LogP contribution in [0.15, 0.2) is 24.3 Å². The molecule has 0 unspecified atom stereocenters. The molecule has 1 aliphatic carbocycles. The van der Waals surface area contributed by atoms with E-state index in [1.807, 2.05) is 0 Å². The van der Waals surface area contributed by atoms with Crippen molar-refractivity contribution in [3.05, 3.63) is 29.8 Å². The highest BCUT2D eigenvalue weighted by Crippen LogP contribution is 2.34. The second-order valence-electron chi connectivity index (χ2n) is 5.41. The lowest BCUT2D eigenvalue weighted by molar-refractivity contribution is -0.139. The Morgan fingerprint density at radius 1 is 1.27 bits per heavy atom. The minimum Gasteiger partial charge on any atom is -0.336 e. The van der Waals surface area contributed by atoms with E-state index in [4.69, 9.17) is 0 Å². The van der Waals surface area contributed by atoms with Crippen LogP contribution in [0.3, 0.4) is 0 Å². The molecule has 2 amide bonds. The molecule has 0 radical (unpaired) electrons. The average Bonchev–Trinajstić information content (AvgIpc) is 2.35. The van der Waals surface area contributed by atoms with E-state index < -0.39 is 17.6 Å². The molecule has 0 heterocycles. The molecule has 0 aliphatic heterocycles. The summed E-state index contributed by atoms with van der Waals surface area (Å²) in [6.45, 7) is -0.262. The SMILES string of the molecule is CN(CC(=O)Nc1ccccc1C(F)(F)F)C(=O)C1CCC1. The van der Waals surface area contributed by atoms with Gasteiger partial charge in [0.15, 0.2) is 0 Å². The molecule has 1 fully saturated rings. The maximum Gasteiger partial charge on any atom is 0.418 e. The van der Waals surface area contributed by atoms with Gasteiger partial charge in [0.1, 0.15) is 0 Å². The lowest BCUT2D eigenvalue weighted by Crippen LogP contribution is -2.40. The predicted octanol–water partition coefficient (Wildman–Crippen LogP) is 2.90. The first-order valence-corrected chi connectivity index (χ1v) is 7.00. The Morgan fingerprint density at radius 2 is 1.91 bits per heavy atom. The van der Waals surface area contributed by atoms with Gasteiger partial charge in [-0.25, -0.2) is 0 Å². The van der Waals surface area contributed by atoms with Crippen LogP contribution in [0.25, 0.3) is 0 Å². The largest absolute Gasteiger partial charge is 0.418 e. The molecule has 0 spiro atoms. The summed E-state index contributed by atoms with van der Waals surface area (Å²) in [6.07, 6.45) is -1.93. The van der Waals surface area contributed by atoms with Gasteiger partial charge < -0.3 is 10.2 Å². The molecule has 1 N–H and O–H groups in total. The fourth-order valence-corrected chi connectivity index (χ4v) is 2.29. The molecular weight excluding hydrogens is 297 g/mol. The zero-order valence-electron chi connectivity index (χ0n) is 12.1. The van der Waals surface area contributed by atoms with E-state index in [0.717, 1.165) is 25.3 Å². The highest BCUT2D eigenvalue weighted by molar-refractivity contribution is 5.95. The zero-order chi connectivity index (χ0) is 16.3. The van der Waals surface area contributed by atoms with E-state index in [-0.39, 0.29) is 24.1 Å². The molecule has 0 saturated heterocycles. The minimum absolute atomic E-state index is 0.0553. The molecule has 0 aromatic heterocycles. The van der Waals surface area contributed by atoms with Gasteiger partial charge in [-0.1, -0.05) is 18.6 Å². The van der Waals surface area contributed by atoms with Crippen LogP contribution in [0.1, 0.15) is 24.8 Å². The number of carbonyl (C=O) groups excluding carboxylic acids is 2. The Hall–Kier alpha value is -2.05. The smallest absolute Gasteiger partial charge is 0.336 e. The van der Waals surface area contributed by atoms with E-state index >= 15 is 0 Å². The van der Waals surface area contributed by atoms with Crippen molar-refractivity contribution < 1.29 is 22.8 Å². The molecule has 0 atom stereocenters. The molecule has 1 aliphatic rings. The summed E-state index contributed by atoms with van der Waals surface area (Å²) >= 11 is 0. The fourth-order valence-electron chi connectivity index (χ4n) is 2.29. The van der Waals surface area contributed by atoms with Crippen LogP contribution in [-0.2, 0) is 15.8 Å². The van der Waals surface area contributed by atoms with Crippen molar-refractivity contribution in [3.8, 4) is 0 Å². The van der Waals surface area contributed by atoms with Gasteiger partial charge in [0.2, 0.25) is 11.8 Å². The van der Waals surface area contributed by atoms with E-state index in [2.05, 4.69) is 5.32 Å². The van der Waals surface area contributed by atoms with Gasteiger partial charge in [-0.15, -0.1) is 0 Å². The number of likely N-dealkylation sites (N-methyl/N-ethyl adjacent to an activating group) is 1. The van der Waals surface area contributed by atoms with Crippen molar-refractivity contribution in [2.45, 2.75) is 25.4 Å². The molecule has 1 aromatic rings. The van der Waals surface area contributed by atoms with Crippen LogP contribution in [-0.4, -0.2) is 30.3 Å². The van der Waals surface area contributed by atoms with Crippen LogP contribution in [0.5, 0.6) is 0 Å². The number of para-hydroxylation sites is 1. The number of nitrogens with one attached hydrogen (secondary N) is 1. The standard InChI is InChI=1S/C15H17F3N2O2/c1-20(14(22)10-5-4-6-10)9-13(21)19-12-8-3-2-7-11(12)15(16,17)18/h2-3,7-8,10H,4-6,9H2,1H3,(H,19,21). The number of halogens is 3. The number of hydrogen-bond donors (Lipinski definition) is 1. The van der Waals surface area contributed by atoms with E-state index in [9.17, 15) is 22.8 Å². The predicted molar refractivity (Wildman–Crippen MR) is 75.1 cm³/mol. The lowest BCUT2D eigenvalue weighted by Gasteiger charge is -2.28. The number of nitrogens with zero attached hydrogens (tertiary/aromatic N) is 1. The number of rotatable bonds is 4. The number of amides is 2. The maximum absolute atomic E-state index is 12.8. The van der Waals surface area contributed by atoms with Gasteiger partial charge in [-0.2, -0.15) is 13.2 Å². The van der Waals surface area contributed by atoms with Crippen molar-refractivity contribution in [1.29, 1.82) is 0 Å². The van der Waals surface area contributed by atoms with Crippen LogP contribution < -0.4 is 5.32 Å². The second kappa shape index (κ2) is 6.37. The third kappa shape index (κ3) is 3.78. The highest BCUT2D eigenvalue weighted by Gasteiger charge is 2.34. The molecule has 22 heavy (non-hydrogen) atoms. The number of benzene rings is 1. The number of hydrogen-bond acceptors (Lipinski definition) is 2. The summed E-state index contributed by atoms with van der Waals surface area (Å²) in [7, 11) is 1.48. The van der Waals surface area contributed by atoms with Crippen molar-refractivity contribution in [1.82, 2.24) is 4.90 Å². The first-order chi connectivity index (χ1) is 10.3. The Morgan fingerprint density at radius 3 is 2.45 bits per heavy atom. The van der Waals surface area contributed by atoms with Gasteiger partial charge in [0.05, 0.1) is 17.8 Å². The number of anilines is 1. The van der Waals surface area contributed by atoms with Gasteiger partial charge in [0, 0.05) is 13.0 Å². The van der Waals surface area contributed by atoms with Crippen molar-refractivity contribution in [2.75, 3.05) is 18.9 Å². The van der Waals surface area contributed by atoms with Crippen molar-refractivity contribution in [2.24, 2.45) is 5.92 Å². The van der Waals surface area contributed by atoms with Crippen LogP contribution in [0.2, 0.25) is 0 Å². The normalized spacial score (nSPS) is 15.1. The van der Waals surface area contributed by atoms with Crippen molar-refractivity contribution in [3.63, 3.8) is 0 Å². The third-order valence-corrected chi connectivity index (χ3v) is 3.72. The van der Waals surface area contributed by atoms with Crippen LogP contribution in [0, 0.1) is 5.92 Å². The lowest BCUT2D eigenvalue weighted by atomic mass is 9.84. The maximum atomic E-state index is 12.8. The second-order valence-corrected chi connectivity index (χ2v) is 5.41. The molecule has 4 nitrogen and oxygen atoms in total. The molecule has 2 rings (SSSR count). The Kier molecular flexibility index (Phi) is 4.73. The van der Waals surface area contributed by atoms with E-state index in [1.54, 1.807) is 0 Å². The van der Waals surface area contributed by atoms with Crippen LogP contribution >= 0.6 is 0 Å². The van der Waals surface area contributed by atoms with Gasteiger partial charge in [-0.3, -0.25) is 9.59 Å². The minimum atomic E-state index is -4.54. The molecule has 7 heteroatoms. The highest BCUT2D eigenvalue weighted by atomic mass is 19.4. The topological polar surface area (TPSA) is 49.4 Å². The van der Waals surface area contributed by atoms with E-state index in [1.165, 1.54) is 30.1 Å². The first kappa shape index (κ1) is 16.3. The van der Waals surface area contributed by atoms with Crippen LogP contribution in [0.4, 0.5) is 18.9 Å². The summed E-state index contributed by atoms with van der Waals surface area (Å²) in [5.74, 6) is -0.836. The van der Waals surface area contributed by atoms with Gasteiger partial charge in [-0.05, 0) is 25.0 Å². The third-order valence-electron chi connectivity index (χ3n) is 3.72.